The van der Waals surface area contributed by atoms with Crippen LogP contribution in [0.3, 0.4) is 0 Å². The lowest BCUT2D eigenvalue weighted by Crippen LogP contribution is -2.24. The summed E-state index contributed by atoms with van der Waals surface area (Å²) in [6.07, 6.45) is 3.04. The molecule has 114 valence electrons. The van der Waals surface area contributed by atoms with E-state index in [4.69, 9.17) is 0 Å². The SMILES string of the molecule is O=S(=O)(c1ccccc1NCCn1ccnn1)C(F)(F)F. The van der Waals surface area contributed by atoms with Gasteiger partial charge in [0.2, 0.25) is 0 Å². The highest BCUT2D eigenvalue weighted by Crippen LogP contribution is 2.34. The van der Waals surface area contributed by atoms with Crippen LogP contribution in [-0.4, -0.2) is 35.5 Å². The van der Waals surface area contributed by atoms with Gasteiger partial charge in [-0.3, -0.25) is 4.68 Å². The van der Waals surface area contributed by atoms with Crippen LogP contribution in [-0.2, 0) is 16.4 Å². The van der Waals surface area contributed by atoms with Gasteiger partial charge >= 0.3 is 5.51 Å². The molecule has 10 heteroatoms. The molecule has 0 unspecified atom stereocenters. The van der Waals surface area contributed by atoms with Gasteiger partial charge in [-0.25, -0.2) is 8.42 Å². The minimum atomic E-state index is -5.39. The first-order valence-electron chi connectivity index (χ1n) is 5.81. The molecular formula is C11H11F3N4O2S. The number of hydrogen-bond acceptors (Lipinski definition) is 5. The monoisotopic (exact) mass is 320 g/mol. The second-order valence-corrected chi connectivity index (χ2v) is 5.95. The molecule has 1 N–H and O–H groups in total. The van der Waals surface area contributed by atoms with E-state index in [-0.39, 0.29) is 12.2 Å². The average Bonchev–Trinajstić information content (AvgIpc) is 2.91. The van der Waals surface area contributed by atoms with E-state index >= 15 is 0 Å². The first-order valence-corrected chi connectivity index (χ1v) is 7.29. The molecule has 0 aliphatic rings. The first-order chi connectivity index (χ1) is 9.82. The molecule has 1 aromatic carbocycles. The van der Waals surface area contributed by atoms with Crippen LogP contribution in [0.25, 0.3) is 0 Å². The lowest BCUT2D eigenvalue weighted by molar-refractivity contribution is -0.0435. The van der Waals surface area contributed by atoms with Gasteiger partial charge in [0.25, 0.3) is 9.84 Å². The van der Waals surface area contributed by atoms with Crippen molar-refractivity contribution in [3.8, 4) is 0 Å². The van der Waals surface area contributed by atoms with E-state index in [1.165, 1.54) is 29.1 Å². The third kappa shape index (κ3) is 3.32. The highest BCUT2D eigenvalue weighted by atomic mass is 32.2. The number of halogens is 3. The molecule has 21 heavy (non-hydrogen) atoms. The Kier molecular flexibility index (Phi) is 4.16. The number of nitrogens with zero attached hydrogens (tertiary/aromatic N) is 3. The van der Waals surface area contributed by atoms with Crippen molar-refractivity contribution in [1.82, 2.24) is 15.0 Å². The van der Waals surface area contributed by atoms with E-state index < -0.39 is 20.2 Å². The fraction of sp³-hybridized carbons (Fsp3) is 0.273. The average molecular weight is 320 g/mol. The van der Waals surface area contributed by atoms with E-state index in [2.05, 4.69) is 15.6 Å². The summed E-state index contributed by atoms with van der Waals surface area (Å²) < 4.78 is 62.2. The van der Waals surface area contributed by atoms with E-state index in [9.17, 15) is 21.6 Å². The maximum atomic E-state index is 12.6. The molecule has 0 aliphatic heterocycles. The summed E-state index contributed by atoms with van der Waals surface area (Å²) in [5.74, 6) is 0. The second kappa shape index (κ2) is 5.72. The van der Waals surface area contributed by atoms with Crippen LogP contribution in [0, 0.1) is 0 Å². The molecule has 2 aromatic rings. The van der Waals surface area contributed by atoms with Gasteiger partial charge in [-0.05, 0) is 12.1 Å². The summed E-state index contributed by atoms with van der Waals surface area (Å²) in [5.41, 5.74) is -5.44. The molecule has 0 atom stereocenters. The molecule has 0 amide bonds. The number of anilines is 1. The van der Waals surface area contributed by atoms with Crippen molar-refractivity contribution >= 4 is 15.5 Å². The highest BCUT2D eigenvalue weighted by Gasteiger charge is 2.47. The largest absolute Gasteiger partial charge is 0.501 e. The van der Waals surface area contributed by atoms with E-state index in [1.807, 2.05) is 0 Å². The van der Waals surface area contributed by atoms with Gasteiger partial charge in [-0.1, -0.05) is 17.3 Å². The quantitative estimate of drug-likeness (QED) is 0.907. The van der Waals surface area contributed by atoms with Gasteiger partial charge in [0.15, 0.2) is 0 Å². The molecule has 1 heterocycles. The molecule has 0 bridgehead atoms. The molecule has 0 aliphatic carbocycles. The standard InChI is InChI=1S/C11H11F3N4O2S/c12-11(13,14)21(19,20)10-4-2-1-3-9(10)15-5-7-18-8-6-16-17-18/h1-4,6,8,15H,5,7H2. The van der Waals surface area contributed by atoms with Crippen molar-refractivity contribution in [2.45, 2.75) is 16.9 Å². The van der Waals surface area contributed by atoms with Gasteiger partial charge in [-0.2, -0.15) is 13.2 Å². The number of sulfone groups is 1. The smallest absolute Gasteiger partial charge is 0.382 e. The highest BCUT2D eigenvalue weighted by molar-refractivity contribution is 7.92. The Bertz CT molecular complexity index is 699. The van der Waals surface area contributed by atoms with Crippen LogP contribution < -0.4 is 5.32 Å². The molecule has 0 saturated heterocycles. The Morgan fingerprint density at radius 2 is 1.95 bits per heavy atom. The van der Waals surface area contributed by atoms with Gasteiger partial charge < -0.3 is 5.32 Å². The summed E-state index contributed by atoms with van der Waals surface area (Å²) in [6, 6.07) is 4.88. The molecule has 6 nitrogen and oxygen atoms in total. The van der Waals surface area contributed by atoms with Gasteiger partial charge in [0.05, 0.1) is 23.3 Å². The predicted octanol–water partition coefficient (Wildman–Crippen LogP) is 1.68. The maximum absolute atomic E-state index is 12.6. The summed E-state index contributed by atoms with van der Waals surface area (Å²) in [4.78, 5) is -0.795. The number of para-hydroxylation sites is 1. The van der Waals surface area contributed by atoms with E-state index in [0.717, 1.165) is 6.07 Å². The van der Waals surface area contributed by atoms with Crippen molar-refractivity contribution in [1.29, 1.82) is 0 Å². The summed E-state index contributed by atoms with van der Waals surface area (Å²) >= 11 is 0. The summed E-state index contributed by atoms with van der Waals surface area (Å²) in [7, 11) is -5.39. The lowest BCUT2D eigenvalue weighted by Gasteiger charge is -2.14. The Balaban J connectivity index is 2.18. The normalized spacial score (nSPS) is 12.3. The molecule has 0 fully saturated rings. The third-order valence-corrected chi connectivity index (χ3v) is 4.15. The lowest BCUT2D eigenvalue weighted by atomic mass is 10.3. The number of benzene rings is 1. The molecule has 0 spiro atoms. The zero-order valence-electron chi connectivity index (χ0n) is 10.6. The first kappa shape index (κ1) is 15.3. The number of hydrogen-bond donors (Lipinski definition) is 1. The summed E-state index contributed by atoms with van der Waals surface area (Å²) in [6.45, 7) is 0.536. The fourth-order valence-electron chi connectivity index (χ4n) is 1.63. The van der Waals surface area contributed by atoms with Crippen molar-refractivity contribution in [3.63, 3.8) is 0 Å². The molecular weight excluding hydrogens is 309 g/mol. The van der Waals surface area contributed by atoms with E-state index in [1.54, 1.807) is 6.20 Å². The van der Waals surface area contributed by atoms with Crippen LogP contribution in [0.2, 0.25) is 0 Å². The Labute approximate surface area is 118 Å². The van der Waals surface area contributed by atoms with Gasteiger partial charge in [0.1, 0.15) is 0 Å². The fourth-order valence-corrected chi connectivity index (χ4v) is 2.57. The van der Waals surface area contributed by atoms with Crippen LogP contribution in [0.5, 0.6) is 0 Å². The van der Waals surface area contributed by atoms with Crippen molar-refractivity contribution < 1.29 is 21.6 Å². The Morgan fingerprint density at radius 3 is 2.57 bits per heavy atom. The minimum Gasteiger partial charge on any atom is -0.382 e. The Morgan fingerprint density at radius 1 is 1.24 bits per heavy atom. The number of rotatable bonds is 5. The van der Waals surface area contributed by atoms with E-state index in [0.29, 0.717) is 6.54 Å². The second-order valence-electron chi connectivity index (χ2n) is 4.04. The zero-order chi connectivity index (χ0) is 15.5. The van der Waals surface area contributed by atoms with Crippen LogP contribution in [0.1, 0.15) is 0 Å². The van der Waals surface area contributed by atoms with Gasteiger partial charge in [0, 0.05) is 12.7 Å². The maximum Gasteiger partial charge on any atom is 0.501 e. The molecule has 0 radical (unpaired) electrons. The number of alkyl halides is 3. The Hall–Kier alpha value is -2.10. The predicted molar refractivity (Wildman–Crippen MR) is 68.2 cm³/mol. The van der Waals surface area contributed by atoms with Crippen molar-refractivity contribution in [3.05, 3.63) is 36.7 Å². The zero-order valence-corrected chi connectivity index (χ0v) is 11.4. The topological polar surface area (TPSA) is 76.9 Å². The molecule has 0 saturated carbocycles. The molecule has 2 rings (SSSR count). The van der Waals surface area contributed by atoms with Crippen LogP contribution >= 0.6 is 0 Å². The minimum absolute atomic E-state index is 0.102. The van der Waals surface area contributed by atoms with Crippen molar-refractivity contribution in [2.24, 2.45) is 0 Å². The number of aromatic nitrogens is 3. The van der Waals surface area contributed by atoms with Crippen molar-refractivity contribution in [2.75, 3.05) is 11.9 Å². The number of nitrogens with one attached hydrogen (secondary N) is 1. The van der Waals surface area contributed by atoms with Crippen LogP contribution in [0.4, 0.5) is 18.9 Å². The van der Waals surface area contributed by atoms with Gasteiger partial charge in [-0.15, -0.1) is 5.10 Å². The third-order valence-electron chi connectivity index (χ3n) is 2.61. The molecule has 1 aromatic heterocycles. The van der Waals surface area contributed by atoms with Crippen LogP contribution in [0.15, 0.2) is 41.6 Å². The summed E-state index contributed by atoms with van der Waals surface area (Å²) in [5, 5.41) is 9.93.